The summed E-state index contributed by atoms with van der Waals surface area (Å²) < 4.78 is 0. The van der Waals surface area contributed by atoms with E-state index >= 15 is 0 Å². The fourth-order valence-electron chi connectivity index (χ4n) is 3.38. The molecule has 0 fully saturated rings. The molecule has 0 atom stereocenters. The van der Waals surface area contributed by atoms with Gasteiger partial charge in [-0.1, -0.05) is 60.8 Å². The standard InChI is InChI=1S/C22H22ClNO3/c23-18-13-12-16(19-20(18)24-14-17(21(19)25)22(26)27)11-7-2-1-4-8-15-9-5-3-6-10-15/h3,5-6,9-10,12-14H,1-2,4,7-8,11H2,(H,24,25)(H,26,27). The minimum Gasteiger partial charge on any atom is -0.477 e. The van der Waals surface area contributed by atoms with Crippen LogP contribution in [0.2, 0.25) is 5.02 Å². The lowest BCUT2D eigenvalue weighted by atomic mass is 9.99. The minimum atomic E-state index is -1.23. The van der Waals surface area contributed by atoms with Gasteiger partial charge in [-0.3, -0.25) is 4.79 Å². The molecule has 140 valence electrons. The van der Waals surface area contributed by atoms with Crippen LogP contribution in [0.3, 0.4) is 0 Å². The molecular weight excluding hydrogens is 362 g/mol. The maximum atomic E-state index is 12.6. The third-order valence-electron chi connectivity index (χ3n) is 4.81. The molecule has 2 aromatic carbocycles. The van der Waals surface area contributed by atoms with Gasteiger partial charge in [-0.05, 0) is 42.9 Å². The lowest BCUT2D eigenvalue weighted by molar-refractivity contribution is 0.0695. The fourth-order valence-corrected chi connectivity index (χ4v) is 3.59. The number of carboxylic acids is 1. The van der Waals surface area contributed by atoms with Gasteiger partial charge in [0.1, 0.15) is 5.56 Å². The van der Waals surface area contributed by atoms with E-state index < -0.39 is 11.4 Å². The predicted molar refractivity (Wildman–Crippen MR) is 109 cm³/mol. The molecular formula is C22H22ClNO3. The van der Waals surface area contributed by atoms with Crippen molar-refractivity contribution in [3.8, 4) is 0 Å². The molecule has 3 aromatic rings. The van der Waals surface area contributed by atoms with Crippen LogP contribution in [0.15, 0.2) is 53.5 Å². The van der Waals surface area contributed by atoms with Crippen molar-refractivity contribution in [1.29, 1.82) is 0 Å². The highest BCUT2D eigenvalue weighted by molar-refractivity contribution is 6.35. The quantitative estimate of drug-likeness (QED) is 0.523. The van der Waals surface area contributed by atoms with Crippen molar-refractivity contribution in [3.05, 3.63) is 80.6 Å². The molecule has 3 rings (SSSR count). The number of carbonyl (C=O) groups is 1. The Morgan fingerprint density at radius 3 is 2.37 bits per heavy atom. The molecule has 0 amide bonds. The smallest absolute Gasteiger partial charge is 0.341 e. The number of aryl methyl sites for hydroxylation is 2. The summed E-state index contributed by atoms with van der Waals surface area (Å²) in [5, 5.41) is 10.0. The Morgan fingerprint density at radius 2 is 1.67 bits per heavy atom. The molecule has 0 saturated carbocycles. The van der Waals surface area contributed by atoms with Crippen molar-refractivity contribution < 1.29 is 9.90 Å². The summed E-state index contributed by atoms with van der Waals surface area (Å²) in [6.45, 7) is 0. The number of H-pyrrole nitrogens is 1. The average molecular weight is 384 g/mol. The summed E-state index contributed by atoms with van der Waals surface area (Å²) >= 11 is 6.18. The van der Waals surface area contributed by atoms with Crippen LogP contribution in [0, 0.1) is 0 Å². The number of aromatic carboxylic acids is 1. The molecule has 0 aliphatic carbocycles. The van der Waals surface area contributed by atoms with E-state index in [1.54, 1.807) is 6.07 Å². The van der Waals surface area contributed by atoms with Gasteiger partial charge in [0.05, 0.1) is 15.9 Å². The van der Waals surface area contributed by atoms with Gasteiger partial charge < -0.3 is 10.1 Å². The first-order valence-corrected chi connectivity index (χ1v) is 9.55. The Labute approximate surface area is 162 Å². The fraction of sp³-hybridized carbons (Fsp3) is 0.273. The van der Waals surface area contributed by atoms with E-state index in [1.165, 1.54) is 11.8 Å². The second-order valence-corrected chi connectivity index (χ2v) is 7.10. The van der Waals surface area contributed by atoms with Crippen LogP contribution < -0.4 is 5.43 Å². The summed E-state index contributed by atoms with van der Waals surface area (Å²) in [6.07, 6.45) is 7.28. The summed E-state index contributed by atoms with van der Waals surface area (Å²) in [5.41, 5.74) is 1.98. The number of hydrogen-bond donors (Lipinski definition) is 2. The van der Waals surface area contributed by atoms with Gasteiger partial charge in [0.25, 0.3) is 0 Å². The van der Waals surface area contributed by atoms with E-state index in [-0.39, 0.29) is 5.56 Å². The van der Waals surface area contributed by atoms with Crippen LogP contribution in [-0.2, 0) is 12.8 Å². The highest BCUT2D eigenvalue weighted by Gasteiger charge is 2.15. The van der Waals surface area contributed by atoms with Crippen molar-refractivity contribution in [2.45, 2.75) is 38.5 Å². The molecule has 0 bridgehead atoms. The van der Waals surface area contributed by atoms with Crippen molar-refractivity contribution >= 4 is 28.5 Å². The van der Waals surface area contributed by atoms with Gasteiger partial charge in [-0.15, -0.1) is 0 Å². The Balaban J connectivity index is 1.64. The molecule has 5 heteroatoms. The number of aromatic nitrogens is 1. The van der Waals surface area contributed by atoms with Gasteiger partial charge in [0, 0.05) is 6.20 Å². The van der Waals surface area contributed by atoms with E-state index in [9.17, 15) is 14.7 Å². The van der Waals surface area contributed by atoms with Crippen LogP contribution >= 0.6 is 11.6 Å². The zero-order chi connectivity index (χ0) is 19.2. The molecule has 4 nitrogen and oxygen atoms in total. The number of fused-ring (bicyclic) bond motifs is 1. The number of carboxylic acid groups (broad SMARTS) is 1. The van der Waals surface area contributed by atoms with Crippen molar-refractivity contribution in [2.75, 3.05) is 0 Å². The molecule has 2 N–H and O–H groups in total. The molecule has 0 aliphatic rings. The van der Waals surface area contributed by atoms with Crippen molar-refractivity contribution in [3.63, 3.8) is 0 Å². The van der Waals surface area contributed by atoms with Gasteiger partial charge >= 0.3 is 5.97 Å². The second-order valence-electron chi connectivity index (χ2n) is 6.69. The van der Waals surface area contributed by atoms with Crippen molar-refractivity contribution in [2.24, 2.45) is 0 Å². The summed E-state index contributed by atoms with van der Waals surface area (Å²) in [7, 11) is 0. The van der Waals surface area contributed by atoms with Crippen LogP contribution in [0.25, 0.3) is 10.9 Å². The Morgan fingerprint density at radius 1 is 0.963 bits per heavy atom. The number of rotatable bonds is 8. The number of halogens is 1. The predicted octanol–water partition coefficient (Wildman–Crippen LogP) is 5.23. The minimum absolute atomic E-state index is 0.256. The van der Waals surface area contributed by atoms with Gasteiger partial charge in [-0.25, -0.2) is 4.79 Å². The number of unbranched alkanes of at least 4 members (excludes halogenated alkanes) is 3. The van der Waals surface area contributed by atoms with Gasteiger partial charge in [-0.2, -0.15) is 0 Å². The third kappa shape index (κ3) is 4.58. The molecule has 0 unspecified atom stereocenters. The summed E-state index contributed by atoms with van der Waals surface area (Å²) in [5.74, 6) is -1.23. The third-order valence-corrected chi connectivity index (χ3v) is 5.12. The number of pyridine rings is 1. The molecule has 1 heterocycles. The number of hydrogen-bond acceptors (Lipinski definition) is 2. The maximum absolute atomic E-state index is 12.6. The van der Waals surface area contributed by atoms with Crippen molar-refractivity contribution in [1.82, 2.24) is 4.98 Å². The first-order valence-electron chi connectivity index (χ1n) is 9.18. The number of nitrogens with one attached hydrogen (secondary N) is 1. The Bertz CT molecular complexity index is 996. The lowest BCUT2D eigenvalue weighted by Crippen LogP contribution is -2.16. The van der Waals surface area contributed by atoms with E-state index in [1.807, 2.05) is 12.1 Å². The maximum Gasteiger partial charge on any atom is 0.341 e. The molecule has 0 saturated heterocycles. The van der Waals surface area contributed by atoms with E-state index in [2.05, 4.69) is 29.2 Å². The molecule has 0 aliphatic heterocycles. The normalized spacial score (nSPS) is 11.0. The zero-order valence-corrected chi connectivity index (χ0v) is 15.8. The highest BCUT2D eigenvalue weighted by atomic mass is 35.5. The Hall–Kier alpha value is -2.59. The largest absolute Gasteiger partial charge is 0.477 e. The molecule has 0 spiro atoms. The zero-order valence-electron chi connectivity index (χ0n) is 15.0. The van der Waals surface area contributed by atoms with Crippen LogP contribution in [0.1, 0.15) is 47.2 Å². The molecule has 0 radical (unpaired) electrons. The number of benzene rings is 2. The van der Waals surface area contributed by atoms with Gasteiger partial charge in [0.15, 0.2) is 0 Å². The number of aromatic amines is 1. The second kappa shape index (κ2) is 8.87. The van der Waals surface area contributed by atoms with E-state index in [0.29, 0.717) is 15.9 Å². The highest BCUT2D eigenvalue weighted by Crippen LogP contribution is 2.24. The topological polar surface area (TPSA) is 70.2 Å². The summed E-state index contributed by atoms with van der Waals surface area (Å²) in [6, 6.07) is 14.0. The van der Waals surface area contributed by atoms with Crippen LogP contribution in [-0.4, -0.2) is 16.1 Å². The van der Waals surface area contributed by atoms with Crippen LogP contribution in [0.5, 0.6) is 0 Å². The van der Waals surface area contributed by atoms with E-state index in [4.69, 9.17) is 11.6 Å². The van der Waals surface area contributed by atoms with Gasteiger partial charge in [0.2, 0.25) is 5.43 Å². The first kappa shape index (κ1) is 19.2. The van der Waals surface area contributed by atoms with Crippen LogP contribution in [0.4, 0.5) is 0 Å². The monoisotopic (exact) mass is 383 g/mol. The SMILES string of the molecule is O=C(O)c1c[nH]c2c(Cl)ccc(CCCCCCc3ccccc3)c2c1=O. The van der Waals surface area contributed by atoms with E-state index in [0.717, 1.165) is 44.1 Å². The molecule has 1 aromatic heterocycles. The Kier molecular flexibility index (Phi) is 6.30. The first-order chi connectivity index (χ1) is 13.1. The summed E-state index contributed by atoms with van der Waals surface area (Å²) in [4.78, 5) is 26.7. The average Bonchev–Trinajstić information content (AvgIpc) is 2.67. The lowest BCUT2D eigenvalue weighted by Gasteiger charge is -2.09. The molecule has 27 heavy (non-hydrogen) atoms.